The van der Waals surface area contributed by atoms with E-state index >= 15 is 0 Å². The van der Waals surface area contributed by atoms with Gasteiger partial charge in [-0.3, -0.25) is 14.5 Å². The Bertz CT molecular complexity index is 1280. The molecular weight excluding hydrogens is 478 g/mol. The Hall–Kier alpha value is -2.97. The van der Waals surface area contributed by atoms with E-state index in [1.165, 1.54) is 11.1 Å². The number of anilines is 1. The van der Waals surface area contributed by atoms with E-state index in [1.54, 1.807) is 6.92 Å². The monoisotopic (exact) mass is 515 g/mol. The number of aromatic nitrogens is 1. The molecule has 0 unspecified atom stereocenters. The van der Waals surface area contributed by atoms with Crippen LogP contribution < -0.4 is 5.32 Å². The van der Waals surface area contributed by atoms with Gasteiger partial charge in [0.05, 0.1) is 6.10 Å². The van der Waals surface area contributed by atoms with Crippen LogP contribution >= 0.6 is 0 Å². The lowest BCUT2D eigenvalue weighted by molar-refractivity contribution is -0.147. The number of rotatable bonds is 6. The predicted molar refractivity (Wildman–Crippen MR) is 144 cm³/mol. The summed E-state index contributed by atoms with van der Waals surface area (Å²) in [6.07, 6.45) is 6.53. The van der Waals surface area contributed by atoms with Crippen LogP contribution in [0.1, 0.15) is 59.7 Å². The Morgan fingerprint density at radius 1 is 1.16 bits per heavy atom. The molecule has 2 aromatic rings. The van der Waals surface area contributed by atoms with Crippen LogP contribution in [0.2, 0.25) is 0 Å². The molecule has 8 heteroatoms. The molecule has 0 bridgehead atoms. The number of hydrogen-bond acceptors (Lipinski definition) is 6. The van der Waals surface area contributed by atoms with E-state index < -0.39 is 6.10 Å². The minimum Gasteiger partial charge on any atom is -0.390 e. The molecule has 8 nitrogen and oxygen atoms in total. The van der Waals surface area contributed by atoms with Crippen molar-refractivity contribution in [3.63, 3.8) is 0 Å². The average Bonchev–Trinajstić information content (AvgIpc) is 3.62. The molecule has 1 aromatic heterocycles. The second-order valence-corrected chi connectivity index (χ2v) is 12.6. The second kappa shape index (κ2) is 8.78. The standard InChI is InChI=1S/C30H37N5O3/c1-20(36)35-17-29(18-35)11-23(12-29)32-27-10-25-26(13-31-27)30(7-8-30)19-34(28(25)38)16-24(37)15-33-9-6-21-4-2-3-5-22(21)14-33/h2-5,10,13,23-24,37H,6-9,11-12,14-19H2,1H3,(H,31,32)/t24-/m1/s1. The molecule has 2 amide bonds. The first-order valence-corrected chi connectivity index (χ1v) is 14.1. The third kappa shape index (κ3) is 4.18. The maximum Gasteiger partial charge on any atom is 0.254 e. The molecule has 1 atom stereocenters. The Balaban J connectivity index is 0.991. The van der Waals surface area contributed by atoms with Crippen LogP contribution in [-0.4, -0.2) is 88.0 Å². The van der Waals surface area contributed by atoms with Crippen molar-refractivity contribution in [2.24, 2.45) is 5.41 Å². The van der Waals surface area contributed by atoms with E-state index in [9.17, 15) is 14.7 Å². The number of carbonyl (C=O) groups is 2. The molecular formula is C30H37N5O3. The van der Waals surface area contributed by atoms with Crippen molar-refractivity contribution in [2.75, 3.05) is 44.6 Å². The van der Waals surface area contributed by atoms with Gasteiger partial charge in [-0.25, -0.2) is 4.98 Å². The van der Waals surface area contributed by atoms with Crippen molar-refractivity contribution in [2.45, 2.75) is 63.1 Å². The van der Waals surface area contributed by atoms with E-state index in [0.29, 0.717) is 25.7 Å². The Labute approximate surface area is 224 Å². The highest BCUT2D eigenvalue weighted by Gasteiger charge is 2.54. The number of benzene rings is 1. The van der Waals surface area contributed by atoms with Gasteiger partial charge < -0.3 is 20.2 Å². The number of likely N-dealkylation sites (tertiary alicyclic amines) is 1. The van der Waals surface area contributed by atoms with Gasteiger partial charge in [-0.1, -0.05) is 24.3 Å². The van der Waals surface area contributed by atoms with Gasteiger partial charge in [-0.05, 0) is 54.9 Å². The molecule has 2 N–H and O–H groups in total. The van der Waals surface area contributed by atoms with Crippen LogP contribution in [0.3, 0.4) is 0 Å². The summed E-state index contributed by atoms with van der Waals surface area (Å²) in [5.41, 5.74) is 4.83. The molecule has 200 valence electrons. The minimum atomic E-state index is -0.579. The number of aliphatic hydroxyl groups is 1. The SMILES string of the molecule is CC(=O)N1CC2(CC(Nc3cc4c(cn3)C3(CC3)CN(C[C@H](O)CN3CCc5ccccc5C3)C4=O)C2)C1. The number of aliphatic hydroxyl groups excluding tert-OH is 1. The van der Waals surface area contributed by atoms with Crippen molar-refractivity contribution in [3.8, 4) is 0 Å². The van der Waals surface area contributed by atoms with Crippen LogP contribution in [0.25, 0.3) is 0 Å². The van der Waals surface area contributed by atoms with Crippen LogP contribution in [0.4, 0.5) is 5.82 Å². The quantitative estimate of drug-likeness (QED) is 0.614. The third-order valence-electron chi connectivity index (χ3n) is 9.66. The van der Waals surface area contributed by atoms with Crippen molar-refractivity contribution in [1.82, 2.24) is 19.7 Å². The number of hydrogen-bond donors (Lipinski definition) is 2. The lowest BCUT2D eigenvalue weighted by Gasteiger charge is -2.59. The normalized spacial score (nSPS) is 23.9. The fourth-order valence-corrected chi connectivity index (χ4v) is 7.41. The van der Waals surface area contributed by atoms with E-state index in [4.69, 9.17) is 4.98 Å². The lowest BCUT2D eigenvalue weighted by Crippen LogP contribution is -2.65. The summed E-state index contributed by atoms with van der Waals surface area (Å²) >= 11 is 0. The maximum absolute atomic E-state index is 13.6. The minimum absolute atomic E-state index is 0.00116. The molecule has 2 saturated carbocycles. The summed E-state index contributed by atoms with van der Waals surface area (Å²) in [7, 11) is 0. The smallest absolute Gasteiger partial charge is 0.254 e. The van der Waals surface area contributed by atoms with Crippen molar-refractivity contribution in [1.29, 1.82) is 0 Å². The highest BCUT2D eigenvalue weighted by atomic mass is 16.3. The summed E-state index contributed by atoms with van der Waals surface area (Å²) in [5.74, 6) is 0.920. The number of nitrogens with one attached hydrogen (secondary N) is 1. The molecule has 0 radical (unpaired) electrons. The van der Waals surface area contributed by atoms with Crippen molar-refractivity contribution < 1.29 is 14.7 Å². The molecule has 3 aliphatic heterocycles. The second-order valence-electron chi connectivity index (χ2n) is 12.6. The summed E-state index contributed by atoms with van der Waals surface area (Å²) in [4.78, 5) is 35.9. The zero-order valence-corrected chi connectivity index (χ0v) is 22.2. The van der Waals surface area contributed by atoms with E-state index in [-0.39, 0.29) is 22.6 Å². The summed E-state index contributed by atoms with van der Waals surface area (Å²) in [6.45, 7) is 6.75. The summed E-state index contributed by atoms with van der Waals surface area (Å²) < 4.78 is 0. The Morgan fingerprint density at radius 3 is 2.66 bits per heavy atom. The first-order valence-electron chi connectivity index (χ1n) is 14.1. The zero-order valence-electron chi connectivity index (χ0n) is 22.2. The molecule has 2 spiro atoms. The van der Waals surface area contributed by atoms with Crippen molar-refractivity contribution >= 4 is 17.6 Å². The largest absolute Gasteiger partial charge is 0.390 e. The van der Waals surface area contributed by atoms with Crippen LogP contribution in [0.15, 0.2) is 36.5 Å². The van der Waals surface area contributed by atoms with Gasteiger partial charge in [0, 0.05) is 81.4 Å². The molecule has 2 aliphatic carbocycles. The summed E-state index contributed by atoms with van der Waals surface area (Å²) in [6, 6.07) is 10.8. The first kappa shape index (κ1) is 24.1. The van der Waals surface area contributed by atoms with Gasteiger partial charge >= 0.3 is 0 Å². The van der Waals surface area contributed by atoms with Crippen LogP contribution in [0, 0.1) is 5.41 Å². The molecule has 3 fully saturated rings. The van der Waals surface area contributed by atoms with Crippen LogP contribution in [-0.2, 0) is 23.2 Å². The maximum atomic E-state index is 13.6. The van der Waals surface area contributed by atoms with Crippen LogP contribution in [0.5, 0.6) is 0 Å². The first-order chi connectivity index (χ1) is 18.3. The van der Waals surface area contributed by atoms with E-state index in [2.05, 4.69) is 34.5 Å². The van der Waals surface area contributed by atoms with E-state index in [0.717, 1.165) is 75.2 Å². The third-order valence-corrected chi connectivity index (χ3v) is 9.66. The van der Waals surface area contributed by atoms with Gasteiger partial charge in [-0.2, -0.15) is 0 Å². The topological polar surface area (TPSA) is 89.0 Å². The average molecular weight is 516 g/mol. The fraction of sp³-hybridized carbons (Fsp3) is 0.567. The number of carbonyl (C=O) groups excluding carboxylic acids is 2. The molecule has 7 rings (SSSR count). The molecule has 1 aromatic carbocycles. The number of nitrogens with zero attached hydrogens (tertiary/aromatic N) is 4. The molecule has 38 heavy (non-hydrogen) atoms. The highest BCUT2D eigenvalue weighted by Crippen LogP contribution is 2.53. The van der Waals surface area contributed by atoms with Gasteiger partial charge in [0.15, 0.2) is 0 Å². The van der Waals surface area contributed by atoms with Gasteiger partial charge in [-0.15, -0.1) is 0 Å². The Morgan fingerprint density at radius 2 is 1.92 bits per heavy atom. The molecule has 1 saturated heterocycles. The number of β-amino-alcohol motifs (C(OH)–C–C–N with tert-alkyl or cyclic N) is 1. The number of pyridine rings is 1. The number of fused-ring (bicyclic) bond motifs is 3. The van der Waals surface area contributed by atoms with Gasteiger partial charge in [0.2, 0.25) is 5.91 Å². The molecule has 5 aliphatic rings. The number of amides is 2. The van der Waals surface area contributed by atoms with Crippen molar-refractivity contribution in [3.05, 3.63) is 58.8 Å². The highest BCUT2D eigenvalue weighted by molar-refractivity contribution is 5.98. The zero-order chi connectivity index (χ0) is 26.1. The lowest BCUT2D eigenvalue weighted by atomic mass is 9.60. The fourth-order valence-electron chi connectivity index (χ4n) is 7.41. The predicted octanol–water partition coefficient (Wildman–Crippen LogP) is 2.41. The van der Waals surface area contributed by atoms with Gasteiger partial charge in [0.1, 0.15) is 5.82 Å². The Kier molecular flexibility index (Phi) is 5.57. The van der Waals surface area contributed by atoms with E-state index in [1.807, 2.05) is 22.1 Å². The summed E-state index contributed by atoms with van der Waals surface area (Å²) in [5, 5.41) is 14.6. The van der Waals surface area contributed by atoms with Gasteiger partial charge in [0.25, 0.3) is 5.91 Å². The molecule has 4 heterocycles.